The lowest BCUT2D eigenvalue weighted by atomic mass is 9.54. The van der Waals surface area contributed by atoms with Crippen LogP contribution in [0.2, 0.25) is 15.1 Å². The smallest absolute Gasteiger partial charge is 0.291 e. The van der Waals surface area contributed by atoms with Gasteiger partial charge in [-0.25, -0.2) is 9.67 Å². The van der Waals surface area contributed by atoms with Gasteiger partial charge in [0.2, 0.25) is 5.82 Å². The predicted molar refractivity (Wildman–Crippen MR) is 143 cm³/mol. The molecule has 0 saturated heterocycles. The van der Waals surface area contributed by atoms with Gasteiger partial charge >= 0.3 is 0 Å². The number of benzene rings is 2. The zero-order valence-corrected chi connectivity index (χ0v) is 22.0. The molecular weight excluding hydrogens is 517 g/mol. The molecule has 0 aliphatic heterocycles. The largest absolute Gasteiger partial charge is 0.348 e. The van der Waals surface area contributed by atoms with Gasteiger partial charge < -0.3 is 10.6 Å². The molecular formula is C27H28Cl3N5O. The third kappa shape index (κ3) is 4.76. The average Bonchev–Trinajstić information content (AvgIpc) is 3.28. The molecule has 2 aromatic carbocycles. The van der Waals surface area contributed by atoms with Crippen LogP contribution in [-0.2, 0) is 0 Å². The Morgan fingerprint density at radius 3 is 2.22 bits per heavy atom. The van der Waals surface area contributed by atoms with E-state index in [-0.39, 0.29) is 11.7 Å². The molecule has 4 fully saturated rings. The monoisotopic (exact) mass is 543 g/mol. The lowest BCUT2D eigenvalue weighted by Crippen LogP contribution is -2.55. The summed E-state index contributed by atoms with van der Waals surface area (Å²) >= 11 is 18.6. The minimum atomic E-state index is -0.319. The van der Waals surface area contributed by atoms with Crippen LogP contribution in [0.5, 0.6) is 0 Å². The van der Waals surface area contributed by atoms with Gasteiger partial charge in [-0.1, -0.05) is 34.8 Å². The summed E-state index contributed by atoms with van der Waals surface area (Å²) in [6, 6.07) is 12.9. The van der Waals surface area contributed by atoms with E-state index in [2.05, 4.69) is 20.7 Å². The first-order chi connectivity index (χ1) is 17.4. The van der Waals surface area contributed by atoms with Crippen LogP contribution < -0.4 is 10.6 Å². The number of amides is 1. The lowest BCUT2D eigenvalue weighted by molar-refractivity contribution is -0.0133. The van der Waals surface area contributed by atoms with Gasteiger partial charge in [0, 0.05) is 34.7 Å². The van der Waals surface area contributed by atoms with E-state index in [4.69, 9.17) is 34.8 Å². The summed E-state index contributed by atoms with van der Waals surface area (Å²) in [6.45, 7) is 1.26. The number of nitrogens with one attached hydrogen (secondary N) is 2. The van der Waals surface area contributed by atoms with E-state index >= 15 is 0 Å². The van der Waals surface area contributed by atoms with Crippen molar-refractivity contribution >= 4 is 40.7 Å². The van der Waals surface area contributed by atoms with Crippen LogP contribution in [0.1, 0.15) is 42.7 Å². The van der Waals surface area contributed by atoms with Gasteiger partial charge in [0.05, 0.1) is 10.7 Å². The van der Waals surface area contributed by atoms with Gasteiger partial charge in [0.15, 0.2) is 5.82 Å². The van der Waals surface area contributed by atoms with Crippen LogP contribution >= 0.6 is 34.8 Å². The minimum Gasteiger partial charge on any atom is -0.348 e. The summed E-state index contributed by atoms with van der Waals surface area (Å²) in [6.07, 6.45) is 6.95. The zero-order chi connectivity index (χ0) is 24.8. The number of hydrogen-bond donors (Lipinski definition) is 2. The number of halogens is 3. The first-order valence-corrected chi connectivity index (χ1v) is 13.8. The summed E-state index contributed by atoms with van der Waals surface area (Å²) in [5.74, 6) is 3.78. The highest BCUT2D eigenvalue weighted by Crippen LogP contribution is 2.53. The van der Waals surface area contributed by atoms with Crippen molar-refractivity contribution < 1.29 is 4.79 Å². The Balaban J connectivity index is 1.16. The fourth-order valence-corrected chi connectivity index (χ4v) is 7.38. The van der Waals surface area contributed by atoms with Crippen LogP contribution in [0.25, 0.3) is 17.1 Å². The van der Waals surface area contributed by atoms with E-state index in [1.54, 1.807) is 35.0 Å². The second-order valence-corrected chi connectivity index (χ2v) is 11.7. The van der Waals surface area contributed by atoms with Gasteiger partial charge in [0.25, 0.3) is 5.91 Å². The third-order valence-electron chi connectivity index (χ3n) is 8.07. The average molecular weight is 545 g/mol. The van der Waals surface area contributed by atoms with Crippen molar-refractivity contribution in [2.45, 2.75) is 38.1 Å². The molecule has 9 heteroatoms. The number of carbonyl (C=O) groups excluding carboxylic acids is 1. The molecule has 6 nitrogen and oxygen atoms in total. The number of nitrogens with zero attached hydrogens (tertiary/aromatic N) is 3. The van der Waals surface area contributed by atoms with Crippen LogP contribution in [0.15, 0.2) is 42.5 Å². The molecule has 3 aromatic rings. The van der Waals surface area contributed by atoms with Crippen molar-refractivity contribution in [2.24, 2.45) is 23.7 Å². The van der Waals surface area contributed by atoms with Crippen molar-refractivity contribution in [1.82, 2.24) is 25.4 Å². The molecule has 0 radical (unpaired) electrons. The predicted octanol–water partition coefficient (Wildman–Crippen LogP) is 6.04. The molecule has 0 spiro atoms. The van der Waals surface area contributed by atoms with E-state index in [1.807, 2.05) is 12.1 Å². The highest BCUT2D eigenvalue weighted by molar-refractivity contribution is 6.35. The maximum Gasteiger partial charge on any atom is 0.291 e. The first-order valence-electron chi connectivity index (χ1n) is 12.6. The number of aromatic nitrogens is 3. The lowest BCUT2D eigenvalue weighted by Gasteiger charge is -2.54. The summed E-state index contributed by atoms with van der Waals surface area (Å²) in [7, 11) is 0. The summed E-state index contributed by atoms with van der Waals surface area (Å²) < 4.78 is 1.57. The van der Waals surface area contributed by atoms with Crippen molar-refractivity contribution in [1.29, 1.82) is 0 Å². The van der Waals surface area contributed by atoms with Crippen molar-refractivity contribution in [2.75, 3.05) is 13.1 Å². The second kappa shape index (κ2) is 9.97. The molecule has 1 aromatic heterocycles. The molecule has 4 bridgehead atoms. The Morgan fingerprint density at radius 2 is 1.56 bits per heavy atom. The Hall–Kier alpha value is -2.12. The van der Waals surface area contributed by atoms with Gasteiger partial charge in [-0.2, -0.15) is 0 Å². The van der Waals surface area contributed by atoms with Gasteiger partial charge in [0.1, 0.15) is 0 Å². The van der Waals surface area contributed by atoms with Crippen LogP contribution in [0.4, 0.5) is 0 Å². The Bertz CT molecular complexity index is 1250. The number of carbonyl (C=O) groups is 1. The van der Waals surface area contributed by atoms with Crippen LogP contribution in [0, 0.1) is 23.7 Å². The summed E-state index contributed by atoms with van der Waals surface area (Å²) in [5, 5.41) is 12.8. The van der Waals surface area contributed by atoms with Gasteiger partial charge in [-0.3, -0.25) is 4.79 Å². The standard InChI is InChI=1S/C27H28Cl3N5O/c28-20-3-1-17(2-4-20)26-33-25(34-35(26)23-6-5-21(29)14-22(23)30)27(36)32-8-7-31-24-18-10-15-9-16(12-18)13-19(24)11-15/h1-6,14-16,18-19,24,31H,7-13H2,(H,32,36). The Morgan fingerprint density at radius 1 is 0.889 bits per heavy atom. The van der Waals surface area contributed by atoms with E-state index in [0.717, 1.165) is 35.8 Å². The normalized spacial score (nSPS) is 26.4. The fraction of sp³-hybridized carbons (Fsp3) is 0.444. The Kier molecular flexibility index (Phi) is 6.71. The van der Waals surface area contributed by atoms with Crippen molar-refractivity contribution in [3.63, 3.8) is 0 Å². The second-order valence-electron chi connectivity index (χ2n) is 10.4. The van der Waals surface area contributed by atoms with E-state index < -0.39 is 0 Å². The molecule has 1 amide bonds. The molecule has 1 heterocycles. The van der Waals surface area contributed by atoms with E-state index in [9.17, 15) is 4.79 Å². The minimum absolute atomic E-state index is 0.0839. The SMILES string of the molecule is O=C(NCCNC1C2CC3CC(C2)CC1C3)c1nc(-c2ccc(Cl)cc2)n(-c2ccc(Cl)cc2Cl)n1. The quantitative estimate of drug-likeness (QED) is 0.356. The highest BCUT2D eigenvalue weighted by Gasteiger charge is 2.47. The van der Waals surface area contributed by atoms with Crippen molar-refractivity contribution in [3.8, 4) is 17.1 Å². The maximum atomic E-state index is 13.0. The maximum absolute atomic E-state index is 13.0. The Labute approximate surface area is 225 Å². The van der Waals surface area contributed by atoms with E-state index in [1.165, 1.54) is 32.1 Å². The molecule has 0 unspecified atom stereocenters. The molecule has 0 atom stereocenters. The van der Waals surface area contributed by atoms with Crippen LogP contribution in [0.3, 0.4) is 0 Å². The molecule has 4 aliphatic rings. The van der Waals surface area contributed by atoms with Crippen LogP contribution in [-0.4, -0.2) is 39.8 Å². The topological polar surface area (TPSA) is 71.8 Å². The fourth-order valence-electron chi connectivity index (χ4n) is 6.77. The van der Waals surface area contributed by atoms with Gasteiger partial charge in [-0.15, -0.1) is 5.10 Å². The number of rotatable bonds is 7. The third-order valence-corrected chi connectivity index (χ3v) is 8.86. The molecule has 4 aliphatic carbocycles. The highest BCUT2D eigenvalue weighted by atomic mass is 35.5. The van der Waals surface area contributed by atoms with Gasteiger partial charge in [-0.05, 0) is 98.2 Å². The molecule has 188 valence electrons. The zero-order valence-electron chi connectivity index (χ0n) is 19.8. The molecule has 2 N–H and O–H groups in total. The molecule has 36 heavy (non-hydrogen) atoms. The van der Waals surface area contributed by atoms with Crippen molar-refractivity contribution in [3.05, 3.63) is 63.4 Å². The van der Waals surface area contributed by atoms with E-state index in [0.29, 0.717) is 39.2 Å². The first kappa shape index (κ1) is 24.2. The summed E-state index contributed by atoms with van der Waals surface area (Å²) in [5.41, 5.74) is 1.35. The number of hydrogen-bond acceptors (Lipinski definition) is 4. The molecule has 7 rings (SSSR count). The summed E-state index contributed by atoms with van der Waals surface area (Å²) in [4.78, 5) is 17.6. The molecule has 4 saturated carbocycles.